The molecule has 0 aliphatic heterocycles. The van der Waals surface area contributed by atoms with Gasteiger partial charge < -0.3 is 10.8 Å². The van der Waals surface area contributed by atoms with Gasteiger partial charge in [-0.15, -0.1) is 0 Å². The van der Waals surface area contributed by atoms with E-state index in [4.69, 9.17) is 16.1 Å². The summed E-state index contributed by atoms with van der Waals surface area (Å²) in [5, 5.41) is 17.4. The molecule has 0 fully saturated rings. The van der Waals surface area contributed by atoms with Gasteiger partial charge in [0.15, 0.2) is 0 Å². The Morgan fingerprint density at radius 2 is 2.00 bits per heavy atom. The van der Waals surface area contributed by atoms with E-state index in [-0.39, 0.29) is 12.2 Å². The minimum atomic E-state index is -0.322. The Balaban J connectivity index is 3.11. The van der Waals surface area contributed by atoms with Gasteiger partial charge in [0.25, 0.3) is 0 Å². The second kappa shape index (κ2) is 4.29. The maximum Gasteiger partial charge on any atom is 0.0993 e. The molecule has 0 atom stereocenters. The number of aliphatic hydroxyl groups is 1. The van der Waals surface area contributed by atoms with E-state index in [0.717, 1.165) is 5.56 Å². The van der Waals surface area contributed by atoms with Crippen molar-refractivity contribution in [1.82, 2.24) is 0 Å². The molecule has 0 unspecified atom stereocenters. The summed E-state index contributed by atoms with van der Waals surface area (Å²) in [6, 6.07) is 11.0. The Hall–Kier alpha value is -1.79. The van der Waals surface area contributed by atoms with Gasteiger partial charge >= 0.3 is 0 Å². The molecule has 1 rings (SSSR count). The van der Waals surface area contributed by atoms with Crippen LogP contribution in [0.15, 0.2) is 35.9 Å². The average molecular weight is 174 g/mol. The molecule has 3 heteroatoms. The highest BCUT2D eigenvalue weighted by Gasteiger charge is 2.02. The minimum Gasteiger partial charge on any atom is -0.397 e. The molecule has 13 heavy (non-hydrogen) atoms. The van der Waals surface area contributed by atoms with Crippen molar-refractivity contribution in [3.63, 3.8) is 0 Å². The van der Waals surface area contributed by atoms with Crippen LogP contribution in [0.2, 0.25) is 0 Å². The zero-order chi connectivity index (χ0) is 9.68. The number of aliphatic hydroxyl groups excluding tert-OH is 1. The fraction of sp³-hybridized carbons (Fsp3) is 0.100. The van der Waals surface area contributed by atoms with Gasteiger partial charge in [-0.2, -0.15) is 5.26 Å². The highest BCUT2D eigenvalue weighted by molar-refractivity contribution is 5.69. The fourth-order valence-corrected chi connectivity index (χ4v) is 0.973. The number of benzene rings is 1. The highest BCUT2D eigenvalue weighted by atomic mass is 16.3. The van der Waals surface area contributed by atoms with E-state index in [1.165, 1.54) is 0 Å². The number of rotatable bonds is 2. The third-order valence-electron chi connectivity index (χ3n) is 1.70. The topological polar surface area (TPSA) is 70.0 Å². The van der Waals surface area contributed by atoms with Gasteiger partial charge in [-0.05, 0) is 5.56 Å². The van der Waals surface area contributed by atoms with Gasteiger partial charge in [0, 0.05) is 0 Å². The van der Waals surface area contributed by atoms with Crippen LogP contribution in [-0.2, 0) is 0 Å². The Morgan fingerprint density at radius 3 is 2.46 bits per heavy atom. The lowest BCUT2D eigenvalue weighted by molar-refractivity contribution is 0.336. The lowest BCUT2D eigenvalue weighted by Gasteiger charge is -2.02. The monoisotopic (exact) mass is 174 g/mol. The van der Waals surface area contributed by atoms with Crippen molar-refractivity contribution >= 4 is 5.70 Å². The summed E-state index contributed by atoms with van der Waals surface area (Å²) >= 11 is 0. The molecular formula is C10H10N2O. The van der Waals surface area contributed by atoms with Crippen LogP contribution in [0.4, 0.5) is 0 Å². The van der Waals surface area contributed by atoms with E-state index in [0.29, 0.717) is 5.70 Å². The van der Waals surface area contributed by atoms with Crippen molar-refractivity contribution < 1.29 is 5.11 Å². The number of hydrogen-bond donors (Lipinski definition) is 2. The summed E-state index contributed by atoms with van der Waals surface area (Å²) in [6.45, 7) is -0.322. The Kier molecular flexibility index (Phi) is 3.07. The van der Waals surface area contributed by atoms with Crippen molar-refractivity contribution in [3.05, 3.63) is 41.5 Å². The van der Waals surface area contributed by atoms with Crippen LogP contribution in [-0.4, -0.2) is 11.7 Å². The molecular weight excluding hydrogens is 164 g/mol. The summed E-state index contributed by atoms with van der Waals surface area (Å²) in [7, 11) is 0. The third kappa shape index (κ3) is 2.08. The molecule has 0 saturated heterocycles. The molecule has 0 amide bonds. The maximum absolute atomic E-state index is 8.80. The van der Waals surface area contributed by atoms with Crippen LogP contribution in [0.5, 0.6) is 0 Å². The van der Waals surface area contributed by atoms with E-state index < -0.39 is 0 Å². The minimum absolute atomic E-state index is 0.200. The molecule has 0 saturated carbocycles. The molecule has 0 aliphatic rings. The van der Waals surface area contributed by atoms with Crippen molar-refractivity contribution in [3.8, 4) is 6.07 Å². The SMILES string of the molecule is N#C/C(CO)=C(\N)c1ccccc1. The summed E-state index contributed by atoms with van der Waals surface area (Å²) < 4.78 is 0. The summed E-state index contributed by atoms with van der Waals surface area (Å²) in [5.74, 6) is 0. The summed E-state index contributed by atoms with van der Waals surface area (Å²) in [6.07, 6.45) is 0. The Morgan fingerprint density at radius 1 is 1.38 bits per heavy atom. The van der Waals surface area contributed by atoms with Gasteiger partial charge in [0.2, 0.25) is 0 Å². The van der Waals surface area contributed by atoms with E-state index in [1.807, 2.05) is 24.3 Å². The number of nitrogens with two attached hydrogens (primary N) is 1. The number of nitriles is 1. The molecule has 0 aliphatic carbocycles. The van der Waals surface area contributed by atoms with Crippen LogP contribution in [0.25, 0.3) is 5.70 Å². The average Bonchev–Trinajstić information content (AvgIpc) is 2.21. The van der Waals surface area contributed by atoms with Crippen LogP contribution in [0.3, 0.4) is 0 Å². The second-order valence-corrected chi connectivity index (χ2v) is 2.53. The van der Waals surface area contributed by atoms with E-state index in [9.17, 15) is 0 Å². The zero-order valence-corrected chi connectivity index (χ0v) is 7.07. The Labute approximate surface area is 76.7 Å². The molecule has 3 N–H and O–H groups in total. The van der Waals surface area contributed by atoms with Crippen molar-refractivity contribution in [2.24, 2.45) is 5.73 Å². The van der Waals surface area contributed by atoms with Crippen molar-refractivity contribution in [1.29, 1.82) is 5.26 Å². The first kappa shape index (κ1) is 9.30. The molecule has 3 nitrogen and oxygen atoms in total. The molecule has 0 radical (unpaired) electrons. The first-order valence-corrected chi connectivity index (χ1v) is 3.84. The normalized spacial score (nSPS) is 11.7. The second-order valence-electron chi connectivity index (χ2n) is 2.53. The molecule has 1 aromatic rings. The standard InChI is InChI=1S/C10H10N2O/c11-6-9(7-13)10(12)8-4-2-1-3-5-8/h1-5,13H,7,12H2/b10-9+. The van der Waals surface area contributed by atoms with Gasteiger partial charge in [-0.3, -0.25) is 0 Å². The highest BCUT2D eigenvalue weighted by Crippen LogP contribution is 2.11. The zero-order valence-electron chi connectivity index (χ0n) is 7.07. The fourth-order valence-electron chi connectivity index (χ4n) is 0.973. The van der Waals surface area contributed by atoms with Crippen molar-refractivity contribution in [2.75, 3.05) is 6.61 Å². The largest absolute Gasteiger partial charge is 0.397 e. The van der Waals surface area contributed by atoms with Crippen LogP contribution >= 0.6 is 0 Å². The van der Waals surface area contributed by atoms with Crippen molar-refractivity contribution in [2.45, 2.75) is 0 Å². The molecule has 0 aromatic heterocycles. The van der Waals surface area contributed by atoms with E-state index in [2.05, 4.69) is 0 Å². The first-order chi connectivity index (χ1) is 6.29. The maximum atomic E-state index is 8.80. The van der Waals surface area contributed by atoms with E-state index >= 15 is 0 Å². The van der Waals surface area contributed by atoms with Gasteiger partial charge in [0.05, 0.1) is 23.9 Å². The third-order valence-corrected chi connectivity index (χ3v) is 1.70. The number of hydrogen-bond acceptors (Lipinski definition) is 3. The van der Waals surface area contributed by atoms with Crippen LogP contribution in [0, 0.1) is 11.3 Å². The van der Waals surface area contributed by atoms with Gasteiger partial charge in [-0.25, -0.2) is 0 Å². The molecule has 1 aromatic carbocycles. The summed E-state index contributed by atoms with van der Waals surface area (Å²) in [4.78, 5) is 0. The lowest BCUT2D eigenvalue weighted by atomic mass is 10.1. The number of nitrogens with zero attached hydrogens (tertiary/aromatic N) is 1. The van der Waals surface area contributed by atoms with Gasteiger partial charge in [-0.1, -0.05) is 30.3 Å². The van der Waals surface area contributed by atoms with Crippen LogP contribution < -0.4 is 5.73 Å². The molecule has 66 valence electrons. The predicted octanol–water partition coefficient (Wildman–Crippen LogP) is 0.872. The first-order valence-electron chi connectivity index (χ1n) is 3.84. The van der Waals surface area contributed by atoms with Gasteiger partial charge in [0.1, 0.15) is 0 Å². The molecule has 0 bridgehead atoms. The van der Waals surface area contributed by atoms with Crippen LogP contribution in [0.1, 0.15) is 5.56 Å². The Bertz CT molecular complexity index is 349. The molecule has 0 spiro atoms. The lowest BCUT2D eigenvalue weighted by Crippen LogP contribution is -2.03. The summed E-state index contributed by atoms with van der Waals surface area (Å²) in [5.41, 5.74) is 6.95. The predicted molar refractivity (Wildman–Crippen MR) is 50.2 cm³/mol. The quantitative estimate of drug-likeness (QED) is 0.653. The smallest absolute Gasteiger partial charge is 0.0993 e. The molecule has 0 heterocycles. The van der Waals surface area contributed by atoms with E-state index in [1.54, 1.807) is 12.1 Å².